The largest absolute Gasteiger partial charge is 0.493 e. The van der Waals surface area contributed by atoms with E-state index in [0.717, 1.165) is 0 Å². The minimum Gasteiger partial charge on any atom is -0.493 e. The molecule has 0 saturated carbocycles. The van der Waals surface area contributed by atoms with Crippen molar-refractivity contribution in [3.05, 3.63) is 71.1 Å². The number of halogens is 1. The molecule has 136 valence electrons. The molecule has 0 spiro atoms. The summed E-state index contributed by atoms with van der Waals surface area (Å²) in [6.45, 7) is 0. The number of nitriles is 1. The Morgan fingerprint density at radius 1 is 1.11 bits per heavy atom. The van der Waals surface area contributed by atoms with Crippen LogP contribution in [0.1, 0.15) is 11.1 Å². The van der Waals surface area contributed by atoms with Crippen LogP contribution in [0.4, 0.5) is 4.39 Å². The van der Waals surface area contributed by atoms with E-state index in [2.05, 4.69) is 0 Å². The van der Waals surface area contributed by atoms with E-state index in [1.807, 2.05) is 0 Å². The van der Waals surface area contributed by atoms with Crippen LogP contribution in [0.25, 0.3) is 12.2 Å². The van der Waals surface area contributed by atoms with Crippen LogP contribution in [0.5, 0.6) is 11.5 Å². The maximum atomic E-state index is 12.9. The van der Waals surface area contributed by atoms with Gasteiger partial charge in [-0.1, -0.05) is 18.2 Å². The molecule has 0 unspecified atom stereocenters. The van der Waals surface area contributed by atoms with E-state index in [1.165, 1.54) is 67.8 Å². The summed E-state index contributed by atoms with van der Waals surface area (Å²) in [5.74, 6) is -1.49. The van der Waals surface area contributed by atoms with Crippen LogP contribution in [-0.4, -0.2) is 19.0 Å². The molecular formula is C20H15FN2O4. The molecule has 1 amide bonds. The van der Waals surface area contributed by atoms with Crippen molar-refractivity contribution >= 4 is 24.0 Å². The number of hydrogen-bond donors (Lipinski definition) is 1. The molecule has 2 rings (SSSR count). The number of benzene rings is 2. The number of carbonyl (C=O) groups is 2. The first kappa shape index (κ1) is 19.4. The lowest BCUT2D eigenvalue weighted by atomic mass is 10.1. The summed E-state index contributed by atoms with van der Waals surface area (Å²) in [5, 5.41) is 8.88. The lowest BCUT2D eigenvalue weighted by Crippen LogP contribution is -2.12. The normalized spacial score (nSPS) is 11.1. The fraction of sp³-hybridized carbons (Fsp3) is 0.0500. The van der Waals surface area contributed by atoms with Crippen LogP contribution in [0.2, 0.25) is 0 Å². The topological polar surface area (TPSA) is 102 Å². The molecule has 0 bridgehead atoms. The predicted molar refractivity (Wildman–Crippen MR) is 96.8 cm³/mol. The molecule has 7 heteroatoms. The van der Waals surface area contributed by atoms with Gasteiger partial charge in [0.25, 0.3) is 5.91 Å². The number of ether oxygens (including phenoxy) is 2. The van der Waals surface area contributed by atoms with E-state index in [0.29, 0.717) is 11.1 Å². The highest BCUT2D eigenvalue weighted by Gasteiger charge is 2.10. The molecule has 0 fully saturated rings. The molecule has 0 aliphatic heterocycles. The van der Waals surface area contributed by atoms with Crippen molar-refractivity contribution in [1.29, 1.82) is 5.26 Å². The molecule has 27 heavy (non-hydrogen) atoms. The van der Waals surface area contributed by atoms with Crippen molar-refractivity contribution in [3.8, 4) is 17.6 Å². The lowest BCUT2D eigenvalue weighted by molar-refractivity contribution is -0.129. The van der Waals surface area contributed by atoms with E-state index in [-0.39, 0.29) is 22.9 Å². The van der Waals surface area contributed by atoms with Gasteiger partial charge in [0.15, 0.2) is 11.5 Å². The molecule has 0 aromatic heterocycles. The van der Waals surface area contributed by atoms with Gasteiger partial charge >= 0.3 is 5.97 Å². The second-order valence-electron chi connectivity index (χ2n) is 5.25. The molecule has 2 aromatic rings. The van der Waals surface area contributed by atoms with Crippen molar-refractivity contribution < 1.29 is 23.5 Å². The van der Waals surface area contributed by atoms with Crippen molar-refractivity contribution in [2.45, 2.75) is 0 Å². The summed E-state index contributed by atoms with van der Waals surface area (Å²) in [7, 11) is 1.38. The molecule has 6 nitrogen and oxygen atoms in total. The van der Waals surface area contributed by atoms with Crippen molar-refractivity contribution in [2.75, 3.05) is 7.11 Å². The Labute approximate surface area is 154 Å². The van der Waals surface area contributed by atoms with Crippen LogP contribution >= 0.6 is 0 Å². The van der Waals surface area contributed by atoms with Crippen LogP contribution in [0, 0.1) is 17.1 Å². The number of hydrogen-bond acceptors (Lipinski definition) is 5. The van der Waals surface area contributed by atoms with E-state index in [1.54, 1.807) is 6.07 Å². The average molecular weight is 366 g/mol. The van der Waals surface area contributed by atoms with E-state index >= 15 is 0 Å². The van der Waals surface area contributed by atoms with Crippen molar-refractivity contribution in [2.24, 2.45) is 5.73 Å². The minimum absolute atomic E-state index is 0.154. The quantitative estimate of drug-likeness (QED) is 0.366. The van der Waals surface area contributed by atoms with Crippen molar-refractivity contribution in [1.82, 2.24) is 0 Å². The summed E-state index contributed by atoms with van der Waals surface area (Å²) in [6, 6.07) is 11.8. The third-order valence-electron chi connectivity index (χ3n) is 3.38. The molecule has 0 radical (unpaired) electrons. The third kappa shape index (κ3) is 5.54. The van der Waals surface area contributed by atoms with Gasteiger partial charge in [-0.25, -0.2) is 9.18 Å². The van der Waals surface area contributed by atoms with Gasteiger partial charge in [-0.15, -0.1) is 0 Å². The second kappa shape index (κ2) is 8.97. The number of primary amides is 1. The fourth-order valence-corrected chi connectivity index (χ4v) is 2.06. The Hall–Kier alpha value is -3.92. The van der Waals surface area contributed by atoms with E-state index in [4.69, 9.17) is 20.5 Å². The highest BCUT2D eigenvalue weighted by atomic mass is 19.1. The minimum atomic E-state index is -0.849. The predicted octanol–water partition coefficient (Wildman–Crippen LogP) is 2.85. The number of nitrogens with zero attached hydrogens (tertiary/aromatic N) is 1. The fourth-order valence-electron chi connectivity index (χ4n) is 2.06. The van der Waals surface area contributed by atoms with Gasteiger partial charge in [-0.05, 0) is 47.5 Å². The standard InChI is InChI=1S/C20H15FN2O4/c1-26-18-11-14(10-15(12-22)20(23)25)4-8-17(18)27-19(24)9-5-13-2-6-16(21)7-3-13/h2-11H,1H3,(H2,23,25)/b9-5+,15-10+. The Kier molecular flexibility index (Phi) is 6.44. The zero-order chi connectivity index (χ0) is 19.8. The monoisotopic (exact) mass is 366 g/mol. The van der Waals surface area contributed by atoms with Gasteiger partial charge < -0.3 is 15.2 Å². The summed E-state index contributed by atoms with van der Waals surface area (Å²) in [4.78, 5) is 23.1. The average Bonchev–Trinajstić information content (AvgIpc) is 2.66. The van der Waals surface area contributed by atoms with Crippen LogP contribution in [0.15, 0.2) is 54.1 Å². The summed E-state index contributed by atoms with van der Waals surface area (Å²) < 4.78 is 23.2. The molecule has 0 atom stereocenters. The van der Waals surface area contributed by atoms with Crippen LogP contribution < -0.4 is 15.2 Å². The second-order valence-corrected chi connectivity index (χ2v) is 5.25. The maximum absolute atomic E-state index is 12.9. The van der Waals surface area contributed by atoms with Gasteiger partial charge in [0.1, 0.15) is 17.5 Å². The van der Waals surface area contributed by atoms with E-state index < -0.39 is 11.9 Å². The summed E-state index contributed by atoms with van der Waals surface area (Å²) in [6.07, 6.45) is 3.98. The number of carbonyl (C=O) groups excluding carboxylic acids is 2. The van der Waals surface area contributed by atoms with Gasteiger partial charge in [0, 0.05) is 6.08 Å². The summed E-state index contributed by atoms with van der Waals surface area (Å²) in [5.41, 5.74) is 5.98. The Bertz CT molecular complexity index is 957. The molecule has 0 heterocycles. The third-order valence-corrected chi connectivity index (χ3v) is 3.38. The number of rotatable bonds is 6. The zero-order valence-corrected chi connectivity index (χ0v) is 14.3. The first-order valence-electron chi connectivity index (χ1n) is 7.68. The molecule has 2 N–H and O–H groups in total. The zero-order valence-electron chi connectivity index (χ0n) is 14.3. The Morgan fingerprint density at radius 3 is 2.37 bits per heavy atom. The number of esters is 1. The highest BCUT2D eigenvalue weighted by Crippen LogP contribution is 2.29. The molecule has 0 saturated heterocycles. The first-order chi connectivity index (χ1) is 12.9. The molecule has 2 aromatic carbocycles. The highest BCUT2D eigenvalue weighted by molar-refractivity contribution is 6.00. The SMILES string of the molecule is COc1cc(/C=C(\C#N)C(N)=O)ccc1OC(=O)/C=C/c1ccc(F)cc1. The van der Waals surface area contributed by atoms with Gasteiger partial charge in [-0.2, -0.15) is 5.26 Å². The molecule has 0 aliphatic carbocycles. The smallest absolute Gasteiger partial charge is 0.336 e. The number of nitrogens with two attached hydrogens (primary N) is 1. The number of amides is 1. The first-order valence-corrected chi connectivity index (χ1v) is 7.68. The molecule has 0 aliphatic rings. The van der Waals surface area contributed by atoms with Gasteiger partial charge in [0.2, 0.25) is 0 Å². The van der Waals surface area contributed by atoms with Crippen LogP contribution in [-0.2, 0) is 9.59 Å². The summed E-state index contributed by atoms with van der Waals surface area (Å²) >= 11 is 0. The Morgan fingerprint density at radius 2 is 1.78 bits per heavy atom. The molecular weight excluding hydrogens is 351 g/mol. The van der Waals surface area contributed by atoms with Crippen LogP contribution in [0.3, 0.4) is 0 Å². The number of methoxy groups -OCH3 is 1. The Balaban J connectivity index is 2.16. The maximum Gasteiger partial charge on any atom is 0.336 e. The van der Waals surface area contributed by atoms with E-state index in [9.17, 15) is 14.0 Å². The van der Waals surface area contributed by atoms with Gasteiger partial charge in [-0.3, -0.25) is 4.79 Å². The lowest BCUT2D eigenvalue weighted by Gasteiger charge is -2.09. The van der Waals surface area contributed by atoms with Crippen molar-refractivity contribution in [3.63, 3.8) is 0 Å². The van der Waals surface area contributed by atoms with Gasteiger partial charge in [0.05, 0.1) is 7.11 Å².